The zero-order valence-corrected chi connectivity index (χ0v) is 42.3. The molecule has 0 atom stereocenters. The van der Waals surface area contributed by atoms with Crippen LogP contribution in [0.1, 0.15) is 126 Å². The third-order valence-electron chi connectivity index (χ3n) is 17.3. The molecule has 0 spiro atoms. The topological polar surface area (TPSA) is 3.24 Å². The molecule has 0 saturated heterocycles. The fourth-order valence-electron chi connectivity index (χ4n) is 13.1. The first-order valence-electron chi connectivity index (χ1n) is 25.8. The first-order valence-corrected chi connectivity index (χ1v) is 25.8. The second kappa shape index (κ2) is 16.0. The lowest BCUT2D eigenvalue weighted by Crippen LogP contribution is -2.34. The third kappa shape index (κ3) is 6.86. The van der Waals surface area contributed by atoms with Gasteiger partial charge in [-0.05, 0) is 173 Å². The maximum absolute atomic E-state index is 2.63. The summed E-state index contributed by atoms with van der Waals surface area (Å²) in [6.45, 7) is 19.7. The van der Waals surface area contributed by atoms with Crippen molar-refractivity contribution in [3.05, 3.63) is 245 Å². The largest absolute Gasteiger partial charge is 0.310 e. The van der Waals surface area contributed by atoms with Crippen molar-refractivity contribution < 1.29 is 0 Å². The Morgan fingerprint density at radius 1 is 0.314 bits per heavy atom. The lowest BCUT2D eigenvalue weighted by atomic mass is 9.61. The van der Waals surface area contributed by atoms with E-state index < -0.39 is 5.41 Å². The Hall–Kier alpha value is -6.96. The molecule has 0 unspecified atom stereocenters. The van der Waals surface area contributed by atoms with Crippen molar-refractivity contribution in [1.29, 1.82) is 0 Å². The summed E-state index contributed by atoms with van der Waals surface area (Å²) in [6, 6.07) is 76.7. The summed E-state index contributed by atoms with van der Waals surface area (Å²) < 4.78 is 0. The molecule has 0 saturated carbocycles. The van der Waals surface area contributed by atoms with Gasteiger partial charge in [-0.15, -0.1) is 0 Å². The predicted molar refractivity (Wildman–Crippen MR) is 297 cm³/mol. The Balaban J connectivity index is 1.20. The maximum Gasteiger partial charge on any atom is 0.0714 e. The van der Waals surface area contributed by atoms with Crippen molar-refractivity contribution in [2.75, 3.05) is 4.90 Å². The quantitative estimate of drug-likeness (QED) is 0.154. The van der Waals surface area contributed by atoms with Crippen molar-refractivity contribution in [3.8, 4) is 33.4 Å². The molecule has 3 aliphatic rings. The Bertz CT molecular complexity index is 3440. The second-order valence-corrected chi connectivity index (χ2v) is 23.4. The average molecular weight is 908 g/mol. The van der Waals surface area contributed by atoms with E-state index in [1.165, 1.54) is 106 Å². The van der Waals surface area contributed by atoms with E-state index in [9.17, 15) is 0 Å². The van der Waals surface area contributed by atoms with Crippen LogP contribution in [0.3, 0.4) is 0 Å². The van der Waals surface area contributed by atoms with Crippen molar-refractivity contribution in [1.82, 2.24) is 0 Å². The van der Waals surface area contributed by atoms with Crippen molar-refractivity contribution in [3.63, 3.8) is 0 Å². The summed E-state index contributed by atoms with van der Waals surface area (Å²) in [5.41, 5.74) is 21.8. The molecule has 1 nitrogen and oxygen atoms in total. The van der Waals surface area contributed by atoms with Crippen molar-refractivity contribution >= 4 is 27.8 Å². The number of nitrogens with zero attached hydrogens (tertiary/aromatic N) is 1. The standard InChI is InChI=1S/C69H65N/c1-65(2)38-39-67(5,6)62-43-53(36-37-59(62)65)70(52-34-32-47(33-35-52)49-31-30-46-20-15-16-21-48(46)42-49)63-45-61-56(44-57(63)55-27-19-29-60-64(55)68(7,8)41-40-66(60,3)4)54-26-17-18-28-58(54)69(61,50-22-11-9-12-23-50)51-24-13-10-14-25-51/h9-37,42-45H,38-41H2,1-8H3. The lowest BCUT2D eigenvalue weighted by molar-refractivity contribution is 0.332. The molecule has 9 aromatic rings. The van der Waals surface area contributed by atoms with Crippen LogP contribution >= 0.6 is 0 Å². The van der Waals surface area contributed by atoms with Gasteiger partial charge in [-0.2, -0.15) is 0 Å². The Morgan fingerprint density at radius 2 is 0.857 bits per heavy atom. The molecule has 3 aliphatic carbocycles. The molecular weight excluding hydrogens is 843 g/mol. The molecule has 0 heterocycles. The first kappa shape index (κ1) is 44.3. The van der Waals surface area contributed by atoms with Gasteiger partial charge >= 0.3 is 0 Å². The van der Waals surface area contributed by atoms with Crippen LogP contribution in [0.15, 0.2) is 200 Å². The van der Waals surface area contributed by atoms with Gasteiger partial charge in [0.05, 0.1) is 11.1 Å². The fraction of sp³-hybridized carbons (Fsp3) is 0.246. The van der Waals surface area contributed by atoms with Crippen molar-refractivity contribution in [2.45, 2.75) is 108 Å². The van der Waals surface area contributed by atoms with Gasteiger partial charge in [-0.3, -0.25) is 0 Å². The molecule has 12 rings (SSSR count). The van der Waals surface area contributed by atoms with Crippen LogP contribution < -0.4 is 4.90 Å². The number of hydrogen-bond acceptors (Lipinski definition) is 1. The summed E-state index contributed by atoms with van der Waals surface area (Å²) in [5, 5.41) is 2.52. The Labute approximate surface area is 416 Å². The molecule has 0 amide bonds. The highest BCUT2D eigenvalue weighted by molar-refractivity contribution is 5.98. The molecule has 346 valence electrons. The highest BCUT2D eigenvalue weighted by Crippen LogP contribution is 2.60. The minimum atomic E-state index is -0.563. The summed E-state index contributed by atoms with van der Waals surface area (Å²) in [5.74, 6) is 0. The lowest BCUT2D eigenvalue weighted by Gasteiger charge is -2.44. The van der Waals surface area contributed by atoms with Gasteiger partial charge in [0, 0.05) is 16.9 Å². The number of rotatable bonds is 7. The van der Waals surface area contributed by atoms with E-state index in [-0.39, 0.29) is 21.7 Å². The van der Waals surface area contributed by atoms with Crippen LogP contribution in [0.5, 0.6) is 0 Å². The molecule has 0 N–H and O–H groups in total. The zero-order valence-electron chi connectivity index (χ0n) is 42.3. The van der Waals surface area contributed by atoms with Crippen LogP contribution in [0.25, 0.3) is 44.2 Å². The van der Waals surface area contributed by atoms with E-state index in [0.717, 1.165) is 24.9 Å². The summed E-state index contributed by atoms with van der Waals surface area (Å²) in [4.78, 5) is 2.63. The van der Waals surface area contributed by atoms with E-state index in [0.29, 0.717) is 0 Å². The average Bonchev–Trinajstić information content (AvgIpc) is 3.67. The highest BCUT2D eigenvalue weighted by atomic mass is 15.1. The normalized spacial score (nSPS) is 17.5. The summed E-state index contributed by atoms with van der Waals surface area (Å²) in [7, 11) is 0. The van der Waals surface area contributed by atoms with Crippen LogP contribution in [0.4, 0.5) is 17.1 Å². The Morgan fingerprint density at radius 3 is 1.56 bits per heavy atom. The smallest absolute Gasteiger partial charge is 0.0714 e. The third-order valence-corrected chi connectivity index (χ3v) is 17.3. The Kier molecular flexibility index (Phi) is 10.1. The molecule has 0 aromatic heterocycles. The van der Waals surface area contributed by atoms with Gasteiger partial charge in [-0.25, -0.2) is 0 Å². The molecule has 70 heavy (non-hydrogen) atoms. The van der Waals surface area contributed by atoms with E-state index >= 15 is 0 Å². The molecular formula is C69H65N. The van der Waals surface area contributed by atoms with Crippen molar-refractivity contribution in [2.24, 2.45) is 0 Å². The first-order chi connectivity index (χ1) is 33.7. The van der Waals surface area contributed by atoms with Crippen LogP contribution in [-0.2, 0) is 27.1 Å². The molecule has 9 aromatic carbocycles. The van der Waals surface area contributed by atoms with E-state index in [1.807, 2.05) is 0 Å². The van der Waals surface area contributed by atoms with E-state index in [2.05, 4.69) is 260 Å². The second-order valence-electron chi connectivity index (χ2n) is 23.4. The predicted octanol–water partition coefficient (Wildman–Crippen LogP) is 18.7. The van der Waals surface area contributed by atoms with E-state index in [4.69, 9.17) is 0 Å². The van der Waals surface area contributed by atoms with Gasteiger partial charge < -0.3 is 4.90 Å². The van der Waals surface area contributed by atoms with Gasteiger partial charge in [-0.1, -0.05) is 213 Å². The van der Waals surface area contributed by atoms with Gasteiger partial charge in [0.25, 0.3) is 0 Å². The fourth-order valence-corrected chi connectivity index (χ4v) is 13.1. The van der Waals surface area contributed by atoms with Gasteiger partial charge in [0.2, 0.25) is 0 Å². The highest BCUT2D eigenvalue weighted by Gasteiger charge is 2.48. The van der Waals surface area contributed by atoms with Gasteiger partial charge in [0.1, 0.15) is 0 Å². The molecule has 1 heteroatoms. The van der Waals surface area contributed by atoms with Crippen LogP contribution in [0.2, 0.25) is 0 Å². The number of hydrogen-bond donors (Lipinski definition) is 0. The molecule has 0 fully saturated rings. The van der Waals surface area contributed by atoms with Gasteiger partial charge in [0.15, 0.2) is 0 Å². The molecule has 0 bridgehead atoms. The number of fused-ring (bicyclic) bond motifs is 6. The summed E-state index contributed by atoms with van der Waals surface area (Å²) in [6.07, 6.45) is 4.62. The minimum Gasteiger partial charge on any atom is -0.310 e. The van der Waals surface area contributed by atoms with Crippen LogP contribution in [0, 0.1) is 0 Å². The number of anilines is 3. The SMILES string of the molecule is CC1(C)CCC(C)(C)c2cc(N(c3ccc(-c4ccc5ccccc5c4)cc3)c3cc4c(cc3-c3cccc5c3C(C)(C)CCC5(C)C)-c3ccccc3C4(c3ccccc3)c3ccccc3)ccc21. The maximum atomic E-state index is 2.63. The monoisotopic (exact) mass is 908 g/mol. The zero-order chi connectivity index (χ0) is 48.2. The molecule has 0 aliphatic heterocycles. The summed E-state index contributed by atoms with van der Waals surface area (Å²) >= 11 is 0. The minimum absolute atomic E-state index is 0.0266. The van der Waals surface area contributed by atoms with E-state index in [1.54, 1.807) is 0 Å². The van der Waals surface area contributed by atoms with Crippen LogP contribution in [-0.4, -0.2) is 0 Å². The molecule has 0 radical (unpaired) electrons. The number of benzene rings is 9.